The van der Waals surface area contributed by atoms with Crippen LogP contribution in [0.4, 0.5) is 13.2 Å². The van der Waals surface area contributed by atoms with Crippen LogP contribution in [-0.4, -0.2) is 29.2 Å². The van der Waals surface area contributed by atoms with E-state index < -0.39 is 24.1 Å². The van der Waals surface area contributed by atoms with Crippen LogP contribution in [0.3, 0.4) is 0 Å². The average molecular weight is 189 g/mol. The van der Waals surface area contributed by atoms with Crippen molar-refractivity contribution in [2.45, 2.75) is 12.3 Å². The van der Waals surface area contributed by atoms with Crippen LogP contribution in [0.1, 0.15) is 0 Å². The largest absolute Gasteiger partial charge is 0.480 e. The molecule has 66 valence electrons. The quantitative estimate of drug-likeness (QED) is 0.447. The molecule has 0 unspecified atom stereocenters. The van der Waals surface area contributed by atoms with Crippen molar-refractivity contribution in [3.8, 4) is 0 Å². The lowest BCUT2D eigenvalue weighted by atomic mass is 10.3. The van der Waals surface area contributed by atoms with Crippen molar-refractivity contribution in [3.05, 3.63) is 0 Å². The molecule has 0 saturated carbocycles. The van der Waals surface area contributed by atoms with Gasteiger partial charge >= 0.3 is 12.3 Å². The van der Waals surface area contributed by atoms with Gasteiger partial charge in [-0.1, -0.05) is 0 Å². The van der Waals surface area contributed by atoms with Crippen LogP contribution in [0.25, 0.3) is 0 Å². The smallest absolute Gasteiger partial charge is 0.458 e. The number of carboxylic acid groups (broad SMARTS) is 1. The second-order valence-electron chi connectivity index (χ2n) is 1.72. The first-order valence-corrected chi connectivity index (χ1v) is 3.18. The third kappa shape index (κ3) is 4.91. The maximum Gasteiger partial charge on any atom is 0.458 e. The molecule has 0 aliphatic carbocycles. The van der Waals surface area contributed by atoms with Gasteiger partial charge in [-0.05, 0) is 0 Å². The Kier molecular flexibility index (Phi) is 3.67. The molecule has 0 aliphatic rings. The number of carbonyl (C=O) groups is 1. The van der Waals surface area contributed by atoms with Crippen molar-refractivity contribution in [1.29, 1.82) is 0 Å². The van der Waals surface area contributed by atoms with E-state index in [0.29, 0.717) is 0 Å². The highest BCUT2D eigenvalue weighted by Crippen LogP contribution is 2.11. The van der Waals surface area contributed by atoms with Gasteiger partial charge in [0.15, 0.2) is 0 Å². The number of hydrogen-bond acceptors (Lipinski definition) is 3. The third-order valence-electron chi connectivity index (χ3n) is 0.819. The molecule has 0 amide bonds. The van der Waals surface area contributed by atoms with E-state index in [4.69, 9.17) is 5.11 Å². The summed E-state index contributed by atoms with van der Waals surface area (Å²) >= 11 is 3.42. The molecule has 1 atom stereocenters. The first-order valence-electron chi connectivity index (χ1n) is 2.55. The standard InChI is InChI=1S/C4H6F3NO2S/c5-4(6,7)8-2(1-11)3(9)10/h2,8,11H,1H2,(H,9,10)/t2-/m1/s1. The minimum Gasteiger partial charge on any atom is -0.480 e. The summed E-state index contributed by atoms with van der Waals surface area (Å²) in [6, 6.07) is -1.68. The molecular formula is C4H6F3NO2S. The summed E-state index contributed by atoms with van der Waals surface area (Å²) in [5.41, 5.74) is 0. The molecule has 0 aromatic heterocycles. The average Bonchev–Trinajstić information content (AvgIpc) is 1.80. The van der Waals surface area contributed by atoms with Crippen LogP contribution in [0, 0.1) is 0 Å². The zero-order valence-electron chi connectivity index (χ0n) is 5.22. The van der Waals surface area contributed by atoms with E-state index in [-0.39, 0.29) is 0 Å². The highest BCUT2D eigenvalue weighted by molar-refractivity contribution is 7.80. The molecule has 0 aromatic carbocycles. The van der Waals surface area contributed by atoms with Gasteiger partial charge in [0, 0.05) is 5.75 Å². The van der Waals surface area contributed by atoms with Crippen molar-refractivity contribution in [3.63, 3.8) is 0 Å². The topological polar surface area (TPSA) is 49.3 Å². The second-order valence-corrected chi connectivity index (χ2v) is 2.08. The zero-order chi connectivity index (χ0) is 9.07. The van der Waals surface area contributed by atoms with E-state index in [9.17, 15) is 18.0 Å². The fraction of sp³-hybridized carbons (Fsp3) is 0.750. The van der Waals surface area contributed by atoms with E-state index in [1.165, 1.54) is 0 Å². The summed E-state index contributed by atoms with van der Waals surface area (Å²) in [4.78, 5) is 10.00. The van der Waals surface area contributed by atoms with Gasteiger partial charge in [0.05, 0.1) is 0 Å². The minimum absolute atomic E-state index is 0.408. The van der Waals surface area contributed by atoms with Crippen molar-refractivity contribution in [2.24, 2.45) is 0 Å². The Hall–Kier alpha value is -0.430. The predicted octanol–water partition coefficient (Wildman–Crippen LogP) is 0.479. The van der Waals surface area contributed by atoms with Gasteiger partial charge in [0.1, 0.15) is 6.04 Å². The van der Waals surface area contributed by atoms with Crippen molar-refractivity contribution in [2.75, 3.05) is 5.75 Å². The summed E-state index contributed by atoms with van der Waals surface area (Å²) in [5, 5.41) is 9.05. The van der Waals surface area contributed by atoms with Gasteiger partial charge in [0.25, 0.3) is 0 Å². The number of aliphatic carboxylic acids is 1. The van der Waals surface area contributed by atoms with Gasteiger partial charge in [-0.25, -0.2) is 5.32 Å². The Labute approximate surface area is 66.0 Å². The first kappa shape index (κ1) is 10.6. The van der Waals surface area contributed by atoms with E-state index in [0.717, 1.165) is 5.32 Å². The van der Waals surface area contributed by atoms with Gasteiger partial charge < -0.3 is 5.11 Å². The number of carboxylic acids is 1. The lowest BCUT2D eigenvalue weighted by Crippen LogP contribution is -2.46. The summed E-state index contributed by atoms with van der Waals surface area (Å²) in [5.74, 6) is -1.98. The highest BCUT2D eigenvalue weighted by Gasteiger charge is 2.33. The predicted molar refractivity (Wildman–Crippen MR) is 34.5 cm³/mol. The van der Waals surface area contributed by atoms with Crippen LogP contribution >= 0.6 is 12.6 Å². The second kappa shape index (κ2) is 3.82. The fourth-order valence-electron chi connectivity index (χ4n) is 0.383. The monoisotopic (exact) mass is 189 g/mol. The Morgan fingerprint density at radius 3 is 2.18 bits per heavy atom. The highest BCUT2D eigenvalue weighted by atomic mass is 32.1. The number of halogens is 3. The minimum atomic E-state index is -4.67. The molecule has 0 aromatic rings. The molecule has 0 saturated heterocycles. The Morgan fingerprint density at radius 1 is 1.64 bits per heavy atom. The van der Waals surface area contributed by atoms with Crippen LogP contribution in [-0.2, 0) is 4.79 Å². The molecule has 3 nitrogen and oxygen atoms in total. The summed E-state index contributed by atoms with van der Waals surface area (Å²) in [6.07, 6.45) is -4.67. The molecule has 0 heterocycles. The van der Waals surface area contributed by atoms with Gasteiger partial charge in [-0.3, -0.25) is 4.79 Å². The van der Waals surface area contributed by atoms with E-state index in [1.54, 1.807) is 0 Å². The van der Waals surface area contributed by atoms with Gasteiger partial charge in [-0.15, -0.1) is 0 Å². The van der Waals surface area contributed by atoms with Crippen LogP contribution < -0.4 is 5.32 Å². The lowest BCUT2D eigenvalue weighted by molar-refractivity contribution is -0.172. The normalized spacial score (nSPS) is 14.5. The van der Waals surface area contributed by atoms with Crippen LogP contribution in [0.15, 0.2) is 0 Å². The molecular weight excluding hydrogens is 183 g/mol. The molecule has 7 heteroatoms. The zero-order valence-corrected chi connectivity index (χ0v) is 6.12. The van der Waals surface area contributed by atoms with Gasteiger partial charge in [0.2, 0.25) is 0 Å². The maximum absolute atomic E-state index is 11.4. The van der Waals surface area contributed by atoms with Crippen molar-refractivity contribution < 1.29 is 23.1 Å². The lowest BCUT2D eigenvalue weighted by Gasteiger charge is -2.13. The van der Waals surface area contributed by atoms with Gasteiger partial charge in [-0.2, -0.15) is 25.8 Å². The molecule has 2 N–H and O–H groups in total. The van der Waals surface area contributed by atoms with Crippen molar-refractivity contribution >= 4 is 18.6 Å². The summed E-state index contributed by atoms with van der Waals surface area (Å²) in [6.45, 7) is 0. The molecule has 0 bridgehead atoms. The maximum atomic E-state index is 11.4. The third-order valence-corrected chi connectivity index (χ3v) is 1.18. The fourth-order valence-corrected chi connectivity index (χ4v) is 0.631. The number of rotatable bonds is 3. The van der Waals surface area contributed by atoms with E-state index in [1.807, 2.05) is 0 Å². The molecule has 0 spiro atoms. The molecule has 0 radical (unpaired) electrons. The number of hydrogen-bond donors (Lipinski definition) is 3. The van der Waals surface area contributed by atoms with E-state index >= 15 is 0 Å². The Morgan fingerprint density at radius 2 is 2.09 bits per heavy atom. The summed E-state index contributed by atoms with van der Waals surface area (Å²) < 4.78 is 34.3. The van der Waals surface area contributed by atoms with Crippen molar-refractivity contribution in [1.82, 2.24) is 5.32 Å². The molecule has 0 aliphatic heterocycles. The first-order chi connectivity index (χ1) is 4.87. The van der Waals surface area contributed by atoms with Crippen LogP contribution in [0.2, 0.25) is 0 Å². The Bertz CT molecular complexity index is 149. The molecule has 11 heavy (non-hydrogen) atoms. The van der Waals surface area contributed by atoms with E-state index in [2.05, 4.69) is 12.6 Å². The number of alkyl halides is 3. The number of thiol groups is 1. The number of nitrogens with one attached hydrogen (secondary N) is 1. The summed E-state index contributed by atoms with van der Waals surface area (Å²) in [7, 11) is 0. The Balaban J connectivity index is 3.99. The van der Waals surface area contributed by atoms with Crippen LogP contribution in [0.5, 0.6) is 0 Å². The molecule has 0 fully saturated rings. The molecule has 0 rings (SSSR count). The SMILES string of the molecule is O=C(O)[C@@H](CS)NC(F)(F)F.